The van der Waals surface area contributed by atoms with E-state index in [9.17, 15) is 0 Å². The van der Waals surface area contributed by atoms with Crippen molar-refractivity contribution in [1.82, 2.24) is 5.32 Å². The van der Waals surface area contributed by atoms with Crippen molar-refractivity contribution in [2.24, 2.45) is 0 Å². The highest BCUT2D eigenvalue weighted by Gasteiger charge is 2.13. The smallest absolute Gasteiger partial charge is 0.0349 e. The van der Waals surface area contributed by atoms with Crippen LogP contribution in [0, 0.1) is 6.92 Å². The molecule has 2 heteroatoms. The maximum absolute atomic E-state index is 3.59. The summed E-state index contributed by atoms with van der Waals surface area (Å²) in [5.74, 6) is 0.597. The molecule has 1 heterocycles. The van der Waals surface area contributed by atoms with Crippen molar-refractivity contribution in [3.63, 3.8) is 0 Å². The largest absolute Gasteiger partial charge is 0.307 e. The zero-order chi connectivity index (χ0) is 14.2. The molecular formula is C17H25NS. The summed E-state index contributed by atoms with van der Waals surface area (Å²) in [5, 5.41) is 5.02. The van der Waals surface area contributed by atoms with E-state index in [1.165, 1.54) is 26.1 Å². The molecule has 0 aliphatic heterocycles. The molecule has 104 valence electrons. The standard InChI is InChI=1S/C17H25NS/c1-11(2)13-7-8-15-14(9-13)12(3)16(19-15)10-18-17(4,5)6/h7-9,11,18H,10H2,1-6H3. The number of aryl methyl sites for hydroxylation is 1. The van der Waals surface area contributed by atoms with E-state index < -0.39 is 0 Å². The molecule has 0 saturated carbocycles. The van der Waals surface area contributed by atoms with Gasteiger partial charge in [-0.1, -0.05) is 19.9 Å². The fraction of sp³-hybridized carbons (Fsp3) is 0.529. The molecule has 0 fully saturated rings. The van der Waals surface area contributed by atoms with Gasteiger partial charge in [-0.2, -0.15) is 0 Å². The molecular weight excluding hydrogens is 250 g/mol. The van der Waals surface area contributed by atoms with Gasteiger partial charge in [-0.15, -0.1) is 11.3 Å². The van der Waals surface area contributed by atoms with Gasteiger partial charge >= 0.3 is 0 Å². The van der Waals surface area contributed by atoms with Crippen LogP contribution in [0.1, 0.15) is 56.5 Å². The first-order chi connectivity index (χ1) is 8.78. The summed E-state index contributed by atoms with van der Waals surface area (Å²) < 4.78 is 1.41. The monoisotopic (exact) mass is 275 g/mol. The van der Waals surface area contributed by atoms with E-state index in [1.807, 2.05) is 11.3 Å². The van der Waals surface area contributed by atoms with Crippen molar-refractivity contribution >= 4 is 21.4 Å². The maximum Gasteiger partial charge on any atom is 0.0349 e. The van der Waals surface area contributed by atoms with Gasteiger partial charge in [0.05, 0.1) is 0 Å². The molecule has 1 aromatic carbocycles. The normalized spacial score (nSPS) is 12.6. The third kappa shape index (κ3) is 3.37. The number of rotatable bonds is 3. The average molecular weight is 275 g/mol. The molecule has 0 bridgehead atoms. The fourth-order valence-corrected chi connectivity index (χ4v) is 3.29. The van der Waals surface area contributed by atoms with Crippen LogP contribution in [0.25, 0.3) is 10.1 Å². The van der Waals surface area contributed by atoms with E-state index in [1.54, 1.807) is 0 Å². The van der Waals surface area contributed by atoms with E-state index in [0.29, 0.717) is 5.92 Å². The van der Waals surface area contributed by atoms with Crippen LogP contribution in [0.2, 0.25) is 0 Å². The van der Waals surface area contributed by atoms with E-state index in [0.717, 1.165) is 6.54 Å². The van der Waals surface area contributed by atoms with Gasteiger partial charge in [-0.05, 0) is 62.3 Å². The van der Waals surface area contributed by atoms with Crippen molar-refractivity contribution in [3.8, 4) is 0 Å². The van der Waals surface area contributed by atoms with Crippen LogP contribution in [0.15, 0.2) is 18.2 Å². The summed E-state index contributed by atoms with van der Waals surface area (Å²) in [6, 6.07) is 6.92. The van der Waals surface area contributed by atoms with Crippen LogP contribution in [-0.2, 0) is 6.54 Å². The van der Waals surface area contributed by atoms with Crippen molar-refractivity contribution in [2.45, 2.75) is 59.5 Å². The minimum atomic E-state index is 0.172. The number of benzene rings is 1. The molecule has 0 aliphatic carbocycles. The van der Waals surface area contributed by atoms with Gasteiger partial charge in [0.15, 0.2) is 0 Å². The molecule has 0 amide bonds. The van der Waals surface area contributed by atoms with E-state index in [2.05, 4.69) is 65.1 Å². The second-order valence-electron chi connectivity index (χ2n) is 6.66. The molecule has 0 radical (unpaired) electrons. The molecule has 19 heavy (non-hydrogen) atoms. The first kappa shape index (κ1) is 14.5. The second kappa shape index (κ2) is 5.26. The molecule has 0 aliphatic rings. The van der Waals surface area contributed by atoms with Crippen molar-refractivity contribution in [2.75, 3.05) is 0 Å². The molecule has 0 unspecified atom stereocenters. The van der Waals surface area contributed by atoms with Gasteiger partial charge in [0.1, 0.15) is 0 Å². The fourth-order valence-electron chi connectivity index (χ4n) is 2.16. The van der Waals surface area contributed by atoms with Crippen molar-refractivity contribution in [1.29, 1.82) is 0 Å². The highest BCUT2D eigenvalue weighted by Crippen LogP contribution is 2.33. The van der Waals surface area contributed by atoms with Gasteiger partial charge in [-0.3, -0.25) is 0 Å². The first-order valence-electron chi connectivity index (χ1n) is 7.05. The van der Waals surface area contributed by atoms with Crippen LogP contribution in [-0.4, -0.2) is 5.54 Å². The van der Waals surface area contributed by atoms with Gasteiger partial charge in [-0.25, -0.2) is 0 Å². The van der Waals surface area contributed by atoms with E-state index in [4.69, 9.17) is 0 Å². The minimum Gasteiger partial charge on any atom is -0.307 e. The average Bonchev–Trinajstić information content (AvgIpc) is 2.62. The topological polar surface area (TPSA) is 12.0 Å². The summed E-state index contributed by atoms with van der Waals surface area (Å²) in [6.07, 6.45) is 0. The number of hydrogen-bond donors (Lipinski definition) is 1. The van der Waals surface area contributed by atoms with E-state index >= 15 is 0 Å². The Labute approximate surface area is 121 Å². The summed E-state index contributed by atoms with van der Waals surface area (Å²) in [6.45, 7) is 14.4. The predicted molar refractivity (Wildman–Crippen MR) is 87.2 cm³/mol. The minimum absolute atomic E-state index is 0.172. The summed E-state index contributed by atoms with van der Waals surface area (Å²) >= 11 is 1.92. The van der Waals surface area contributed by atoms with Crippen LogP contribution in [0.5, 0.6) is 0 Å². The maximum atomic E-state index is 3.59. The van der Waals surface area contributed by atoms with Gasteiger partial charge in [0.25, 0.3) is 0 Å². The number of thiophene rings is 1. The summed E-state index contributed by atoms with van der Waals surface area (Å²) in [4.78, 5) is 1.46. The molecule has 1 aromatic heterocycles. The zero-order valence-electron chi connectivity index (χ0n) is 12.9. The van der Waals surface area contributed by atoms with Crippen LogP contribution >= 0.6 is 11.3 Å². The lowest BCUT2D eigenvalue weighted by molar-refractivity contribution is 0.426. The predicted octanol–water partition coefficient (Wildman–Crippen LogP) is 5.22. The Bertz CT molecular complexity index is 573. The van der Waals surface area contributed by atoms with Gasteiger partial charge < -0.3 is 5.32 Å². The Balaban J connectivity index is 2.34. The Morgan fingerprint density at radius 2 is 1.89 bits per heavy atom. The lowest BCUT2D eigenvalue weighted by Gasteiger charge is -2.20. The Hall–Kier alpha value is -0.860. The SMILES string of the molecule is Cc1c(CNC(C)(C)C)sc2ccc(C(C)C)cc12. The van der Waals surface area contributed by atoms with Crippen LogP contribution in [0.3, 0.4) is 0 Å². The molecule has 2 aromatic rings. The molecule has 0 saturated heterocycles. The quantitative estimate of drug-likeness (QED) is 0.809. The van der Waals surface area contributed by atoms with E-state index in [-0.39, 0.29) is 5.54 Å². The second-order valence-corrected chi connectivity index (χ2v) is 7.80. The summed E-state index contributed by atoms with van der Waals surface area (Å²) in [7, 11) is 0. The first-order valence-corrected chi connectivity index (χ1v) is 7.86. The lowest BCUT2D eigenvalue weighted by Crippen LogP contribution is -2.34. The molecule has 1 N–H and O–H groups in total. The van der Waals surface area contributed by atoms with Crippen molar-refractivity contribution < 1.29 is 0 Å². The van der Waals surface area contributed by atoms with Crippen molar-refractivity contribution in [3.05, 3.63) is 34.2 Å². The Kier molecular flexibility index (Phi) is 4.03. The molecule has 0 spiro atoms. The zero-order valence-corrected chi connectivity index (χ0v) is 13.7. The summed E-state index contributed by atoms with van der Waals surface area (Å²) in [5.41, 5.74) is 3.05. The third-order valence-corrected chi connectivity index (χ3v) is 4.78. The number of nitrogens with one attached hydrogen (secondary N) is 1. The molecule has 2 rings (SSSR count). The number of hydrogen-bond acceptors (Lipinski definition) is 2. The van der Waals surface area contributed by atoms with Gasteiger partial charge in [0.2, 0.25) is 0 Å². The molecule has 0 atom stereocenters. The highest BCUT2D eigenvalue weighted by atomic mass is 32.1. The third-order valence-electron chi connectivity index (χ3n) is 3.50. The Morgan fingerprint density at radius 3 is 2.47 bits per heavy atom. The van der Waals surface area contributed by atoms with Crippen LogP contribution in [0.4, 0.5) is 0 Å². The molecule has 1 nitrogen and oxygen atoms in total. The number of fused-ring (bicyclic) bond motifs is 1. The lowest BCUT2D eigenvalue weighted by atomic mass is 10.0. The van der Waals surface area contributed by atoms with Crippen LogP contribution < -0.4 is 5.32 Å². The Morgan fingerprint density at radius 1 is 1.21 bits per heavy atom. The van der Waals surface area contributed by atoms with Gasteiger partial charge in [0, 0.05) is 21.7 Å². The highest BCUT2D eigenvalue weighted by molar-refractivity contribution is 7.19.